The van der Waals surface area contributed by atoms with Crippen LogP contribution in [0.1, 0.15) is 79.1 Å². The van der Waals surface area contributed by atoms with Crippen molar-refractivity contribution in [3.8, 4) is 0 Å². The van der Waals surface area contributed by atoms with Crippen LogP contribution in [0.4, 0.5) is 5.00 Å². The highest BCUT2D eigenvalue weighted by atomic mass is 32.1. The number of esters is 1. The predicted molar refractivity (Wildman–Crippen MR) is 112 cm³/mol. The molecule has 144 valence electrons. The Kier molecular flexibility index (Phi) is 6.92. The number of thiophene rings is 1. The molecule has 0 saturated heterocycles. The van der Waals surface area contributed by atoms with Crippen molar-refractivity contribution in [2.24, 2.45) is 5.92 Å². The maximum absolute atomic E-state index is 12.4. The lowest BCUT2D eigenvalue weighted by Crippen LogP contribution is -2.38. The molecule has 1 fully saturated rings. The SMILES string of the molecule is COC(=O)c1c(NC(=S)NC2CCCCCCC2)sc2c1CC[C@@H](C)C2. The van der Waals surface area contributed by atoms with Crippen LogP contribution in [0.5, 0.6) is 0 Å². The van der Waals surface area contributed by atoms with E-state index < -0.39 is 0 Å². The van der Waals surface area contributed by atoms with Crippen molar-refractivity contribution in [1.29, 1.82) is 0 Å². The van der Waals surface area contributed by atoms with E-state index in [4.69, 9.17) is 17.0 Å². The van der Waals surface area contributed by atoms with E-state index in [1.54, 1.807) is 11.3 Å². The van der Waals surface area contributed by atoms with E-state index in [1.165, 1.54) is 56.9 Å². The summed E-state index contributed by atoms with van der Waals surface area (Å²) in [6.45, 7) is 2.27. The smallest absolute Gasteiger partial charge is 0.341 e. The first-order chi connectivity index (χ1) is 12.6. The Labute approximate surface area is 166 Å². The molecule has 4 nitrogen and oxygen atoms in total. The molecule has 0 unspecified atom stereocenters. The Balaban J connectivity index is 1.71. The van der Waals surface area contributed by atoms with Gasteiger partial charge in [-0.25, -0.2) is 4.79 Å². The fourth-order valence-corrected chi connectivity index (χ4v) is 5.82. The number of anilines is 1. The molecule has 0 radical (unpaired) electrons. The van der Waals surface area contributed by atoms with Crippen molar-refractivity contribution in [2.45, 2.75) is 77.2 Å². The molecule has 2 aliphatic carbocycles. The largest absolute Gasteiger partial charge is 0.465 e. The topological polar surface area (TPSA) is 50.4 Å². The molecule has 0 spiro atoms. The lowest BCUT2D eigenvalue weighted by Gasteiger charge is -2.22. The Morgan fingerprint density at radius 1 is 1.15 bits per heavy atom. The van der Waals surface area contributed by atoms with Crippen LogP contribution >= 0.6 is 23.6 Å². The van der Waals surface area contributed by atoms with Gasteiger partial charge < -0.3 is 15.4 Å². The molecule has 3 rings (SSSR count). The lowest BCUT2D eigenvalue weighted by molar-refractivity contribution is 0.0601. The monoisotopic (exact) mass is 394 g/mol. The Hall–Kier alpha value is -1.14. The summed E-state index contributed by atoms with van der Waals surface area (Å²) in [5.41, 5.74) is 1.86. The molecule has 1 saturated carbocycles. The second-order valence-corrected chi connectivity index (χ2v) is 9.20. The Bertz CT molecular complexity index is 648. The zero-order valence-corrected chi connectivity index (χ0v) is 17.5. The van der Waals surface area contributed by atoms with Gasteiger partial charge in [0, 0.05) is 10.9 Å². The fraction of sp³-hybridized carbons (Fsp3) is 0.700. The minimum absolute atomic E-state index is 0.256. The summed E-state index contributed by atoms with van der Waals surface area (Å²) in [7, 11) is 1.45. The highest BCUT2D eigenvalue weighted by Crippen LogP contribution is 2.40. The number of methoxy groups -OCH3 is 1. The first-order valence-electron chi connectivity index (χ1n) is 9.88. The fourth-order valence-electron chi connectivity index (χ4n) is 4.08. The zero-order valence-electron chi connectivity index (χ0n) is 15.9. The van der Waals surface area contributed by atoms with E-state index in [2.05, 4.69) is 17.6 Å². The molecular formula is C20H30N2O2S2. The molecule has 2 N–H and O–H groups in total. The van der Waals surface area contributed by atoms with Gasteiger partial charge in [-0.1, -0.05) is 39.0 Å². The van der Waals surface area contributed by atoms with Crippen LogP contribution in [0.25, 0.3) is 0 Å². The second kappa shape index (κ2) is 9.18. The van der Waals surface area contributed by atoms with Gasteiger partial charge in [-0.2, -0.15) is 0 Å². The summed E-state index contributed by atoms with van der Waals surface area (Å²) in [4.78, 5) is 13.7. The van der Waals surface area contributed by atoms with Crippen molar-refractivity contribution in [1.82, 2.24) is 5.32 Å². The highest BCUT2D eigenvalue weighted by Gasteiger charge is 2.28. The molecule has 0 bridgehead atoms. The van der Waals surface area contributed by atoms with Crippen LogP contribution in [0, 0.1) is 5.92 Å². The first kappa shape index (κ1) is 19.6. The maximum Gasteiger partial charge on any atom is 0.341 e. The molecule has 6 heteroatoms. The number of thiocarbonyl (C=S) groups is 1. The number of fused-ring (bicyclic) bond motifs is 1. The van der Waals surface area contributed by atoms with Crippen molar-refractivity contribution in [3.63, 3.8) is 0 Å². The van der Waals surface area contributed by atoms with Crippen LogP contribution in [0.2, 0.25) is 0 Å². The standard InChI is InChI=1S/C20H30N2O2S2/c1-13-10-11-15-16(12-13)26-18(17(15)19(23)24-2)22-20(25)21-14-8-6-4-3-5-7-9-14/h13-14H,3-12H2,1-2H3,(H2,21,22,25)/t13-/m1/s1. The van der Waals surface area contributed by atoms with Gasteiger partial charge in [-0.3, -0.25) is 0 Å². The molecule has 2 aliphatic rings. The molecule has 26 heavy (non-hydrogen) atoms. The molecule has 1 heterocycles. The number of rotatable bonds is 3. The van der Waals surface area contributed by atoms with Gasteiger partial charge >= 0.3 is 5.97 Å². The second-order valence-electron chi connectivity index (χ2n) is 7.69. The van der Waals surface area contributed by atoms with E-state index in [9.17, 15) is 4.79 Å². The van der Waals surface area contributed by atoms with E-state index in [0.29, 0.717) is 22.6 Å². The normalized spacial score (nSPS) is 21.2. The zero-order chi connectivity index (χ0) is 18.5. The number of carbonyl (C=O) groups excluding carboxylic acids is 1. The third kappa shape index (κ3) is 4.77. The van der Waals surface area contributed by atoms with E-state index >= 15 is 0 Å². The van der Waals surface area contributed by atoms with Crippen molar-refractivity contribution >= 4 is 39.6 Å². The van der Waals surface area contributed by atoms with E-state index in [-0.39, 0.29) is 5.97 Å². The third-order valence-corrected chi connectivity index (χ3v) is 6.96. The minimum atomic E-state index is -0.256. The summed E-state index contributed by atoms with van der Waals surface area (Å²) in [5.74, 6) is 0.410. The maximum atomic E-state index is 12.4. The van der Waals surface area contributed by atoms with Gasteiger partial charge in [0.15, 0.2) is 5.11 Å². The van der Waals surface area contributed by atoms with Crippen LogP contribution in [0.3, 0.4) is 0 Å². The summed E-state index contributed by atoms with van der Waals surface area (Å²) in [6.07, 6.45) is 12.0. The molecular weight excluding hydrogens is 364 g/mol. The summed E-state index contributed by atoms with van der Waals surface area (Å²) >= 11 is 7.24. The average Bonchev–Trinajstić information content (AvgIpc) is 2.93. The van der Waals surface area contributed by atoms with Crippen LogP contribution in [0.15, 0.2) is 0 Å². The predicted octanol–water partition coefficient (Wildman–Crippen LogP) is 5.06. The van der Waals surface area contributed by atoms with Gasteiger partial charge in [-0.05, 0) is 55.8 Å². The van der Waals surface area contributed by atoms with Gasteiger partial charge in [0.25, 0.3) is 0 Å². The Morgan fingerprint density at radius 2 is 1.85 bits per heavy atom. The van der Waals surface area contributed by atoms with Gasteiger partial charge in [0.1, 0.15) is 5.00 Å². The molecule has 1 atom stereocenters. The molecule has 1 aromatic heterocycles. The van der Waals surface area contributed by atoms with E-state index in [0.717, 1.165) is 29.8 Å². The van der Waals surface area contributed by atoms with Crippen molar-refractivity contribution in [3.05, 3.63) is 16.0 Å². The number of nitrogens with one attached hydrogen (secondary N) is 2. The number of hydrogen-bond acceptors (Lipinski definition) is 4. The summed E-state index contributed by atoms with van der Waals surface area (Å²) in [5, 5.41) is 8.28. The average molecular weight is 395 g/mol. The molecule has 0 aliphatic heterocycles. The minimum Gasteiger partial charge on any atom is -0.465 e. The molecule has 0 amide bonds. The quantitative estimate of drug-likeness (QED) is 0.554. The first-order valence-corrected chi connectivity index (χ1v) is 11.1. The van der Waals surface area contributed by atoms with Crippen LogP contribution in [-0.4, -0.2) is 24.2 Å². The number of hydrogen-bond donors (Lipinski definition) is 2. The molecule has 1 aromatic rings. The Morgan fingerprint density at radius 3 is 2.54 bits per heavy atom. The number of ether oxygens (including phenoxy) is 1. The summed E-state index contributed by atoms with van der Waals surface area (Å²) < 4.78 is 5.05. The number of carbonyl (C=O) groups is 1. The third-order valence-electron chi connectivity index (χ3n) is 5.57. The van der Waals surface area contributed by atoms with Crippen LogP contribution in [-0.2, 0) is 17.6 Å². The van der Waals surface area contributed by atoms with Crippen molar-refractivity contribution < 1.29 is 9.53 Å². The lowest BCUT2D eigenvalue weighted by atomic mass is 9.88. The summed E-state index contributed by atoms with van der Waals surface area (Å²) in [6, 6.07) is 0.437. The van der Waals surface area contributed by atoms with Gasteiger partial charge in [0.2, 0.25) is 0 Å². The van der Waals surface area contributed by atoms with Crippen molar-refractivity contribution in [2.75, 3.05) is 12.4 Å². The van der Waals surface area contributed by atoms with Gasteiger partial charge in [-0.15, -0.1) is 11.3 Å². The van der Waals surface area contributed by atoms with E-state index in [1.807, 2.05) is 0 Å². The highest BCUT2D eigenvalue weighted by molar-refractivity contribution is 7.80. The van der Waals surface area contributed by atoms with Gasteiger partial charge in [0.05, 0.1) is 12.7 Å². The molecule has 0 aromatic carbocycles. The van der Waals surface area contributed by atoms with Crippen LogP contribution < -0.4 is 10.6 Å².